The Morgan fingerprint density at radius 3 is 2.81 bits per heavy atom. The van der Waals surface area contributed by atoms with Gasteiger partial charge in [0, 0.05) is 30.2 Å². The number of nitrogens with one attached hydrogen (secondary N) is 1. The van der Waals surface area contributed by atoms with Crippen molar-refractivity contribution in [1.29, 1.82) is 5.26 Å². The number of hydrogen-bond acceptors (Lipinski definition) is 3. The molecule has 1 aromatic carbocycles. The van der Waals surface area contributed by atoms with Gasteiger partial charge in [-0.15, -0.1) is 0 Å². The highest BCUT2D eigenvalue weighted by molar-refractivity contribution is 6.01. The molecule has 1 amide bonds. The van der Waals surface area contributed by atoms with Gasteiger partial charge in [0.1, 0.15) is 11.6 Å². The molecule has 0 unspecified atom stereocenters. The van der Waals surface area contributed by atoms with Crippen molar-refractivity contribution in [3.05, 3.63) is 58.4 Å². The summed E-state index contributed by atoms with van der Waals surface area (Å²) >= 11 is 0. The Labute approximate surface area is 160 Å². The predicted molar refractivity (Wildman–Crippen MR) is 106 cm³/mol. The van der Waals surface area contributed by atoms with Crippen LogP contribution in [0.4, 0.5) is 0 Å². The zero-order chi connectivity index (χ0) is 19.4. The third-order valence-electron chi connectivity index (χ3n) is 5.01. The smallest absolute Gasteiger partial charge is 0.262 e. The summed E-state index contributed by atoms with van der Waals surface area (Å²) < 4.78 is 7.67. The van der Waals surface area contributed by atoms with Crippen LogP contribution in [0, 0.1) is 32.1 Å². The van der Waals surface area contributed by atoms with Crippen molar-refractivity contribution < 1.29 is 9.53 Å². The lowest BCUT2D eigenvalue weighted by Crippen LogP contribution is -2.32. The van der Waals surface area contributed by atoms with Gasteiger partial charge in [-0.25, -0.2) is 0 Å². The molecular weight excluding hydrogens is 338 g/mol. The lowest BCUT2D eigenvalue weighted by atomic mass is 10.1. The summed E-state index contributed by atoms with van der Waals surface area (Å²) in [4.78, 5) is 12.4. The minimum atomic E-state index is -0.353. The van der Waals surface area contributed by atoms with E-state index in [-0.39, 0.29) is 17.6 Å². The quantitative estimate of drug-likeness (QED) is 0.652. The minimum Gasteiger partial charge on any atom is -0.376 e. The van der Waals surface area contributed by atoms with Crippen LogP contribution in [0.5, 0.6) is 0 Å². The van der Waals surface area contributed by atoms with Crippen molar-refractivity contribution in [2.24, 2.45) is 0 Å². The van der Waals surface area contributed by atoms with Crippen LogP contribution in [-0.4, -0.2) is 29.7 Å². The number of carbonyl (C=O) groups is 1. The molecule has 1 atom stereocenters. The minimum absolute atomic E-state index is 0.0556. The lowest BCUT2D eigenvalue weighted by molar-refractivity contribution is -0.117. The first-order chi connectivity index (χ1) is 13.0. The summed E-state index contributed by atoms with van der Waals surface area (Å²) in [6, 6.07) is 12.2. The molecule has 5 nitrogen and oxygen atoms in total. The Hall–Kier alpha value is -2.84. The van der Waals surface area contributed by atoms with Crippen LogP contribution in [0.3, 0.4) is 0 Å². The van der Waals surface area contributed by atoms with Crippen molar-refractivity contribution >= 4 is 12.0 Å². The molecule has 0 bridgehead atoms. The van der Waals surface area contributed by atoms with Crippen LogP contribution >= 0.6 is 0 Å². The van der Waals surface area contributed by atoms with Gasteiger partial charge >= 0.3 is 0 Å². The molecule has 0 radical (unpaired) electrons. The van der Waals surface area contributed by atoms with Gasteiger partial charge in [0.2, 0.25) is 0 Å². The highest BCUT2D eigenvalue weighted by atomic mass is 16.5. The second kappa shape index (κ2) is 8.24. The van der Waals surface area contributed by atoms with Crippen LogP contribution in [0.25, 0.3) is 11.8 Å². The van der Waals surface area contributed by atoms with Gasteiger partial charge in [0.25, 0.3) is 5.91 Å². The number of nitrogens with zero attached hydrogens (tertiary/aromatic N) is 2. The summed E-state index contributed by atoms with van der Waals surface area (Å²) in [5, 5.41) is 12.3. The third-order valence-corrected chi connectivity index (χ3v) is 5.01. The van der Waals surface area contributed by atoms with Crippen LogP contribution in [0.2, 0.25) is 0 Å². The van der Waals surface area contributed by atoms with Crippen molar-refractivity contribution in [2.75, 3.05) is 13.2 Å². The second-order valence-corrected chi connectivity index (χ2v) is 6.96. The average Bonchev–Trinajstić information content (AvgIpc) is 3.27. The molecule has 3 rings (SSSR count). The monoisotopic (exact) mass is 363 g/mol. The predicted octanol–water partition coefficient (Wildman–Crippen LogP) is 3.60. The van der Waals surface area contributed by atoms with E-state index in [4.69, 9.17) is 4.74 Å². The fraction of sp³-hybridized carbons (Fsp3) is 0.364. The van der Waals surface area contributed by atoms with E-state index in [9.17, 15) is 10.1 Å². The fourth-order valence-corrected chi connectivity index (χ4v) is 3.53. The summed E-state index contributed by atoms with van der Waals surface area (Å²) in [6.45, 7) is 7.29. The number of ether oxygens (including phenoxy) is 1. The van der Waals surface area contributed by atoms with E-state index in [2.05, 4.69) is 28.9 Å². The van der Waals surface area contributed by atoms with E-state index in [0.29, 0.717) is 6.54 Å². The Bertz CT molecular complexity index is 912. The molecule has 1 aliphatic heterocycles. The summed E-state index contributed by atoms with van der Waals surface area (Å²) in [7, 11) is 0. The van der Waals surface area contributed by atoms with Crippen molar-refractivity contribution in [3.8, 4) is 11.8 Å². The Morgan fingerprint density at radius 2 is 2.15 bits per heavy atom. The molecule has 2 aromatic rings. The molecular formula is C22H25N3O2. The van der Waals surface area contributed by atoms with Crippen molar-refractivity contribution in [3.63, 3.8) is 0 Å². The number of aryl methyl sites for hydroxylation is 2. The number of para-hydroxylation sites is 1. The highest BCUT2D eigenvalue weighted by Gasteiger charge is 2.18. The first kappa shape index (κ1) is 18.9. The molecule has 1 N–H and O–H groups in total. The number of benzene rings is 1. The maximum absolute atomic E-state index is 12.4. The van der Waals surface area contributed by atoms with E-state index in [0.717, 1.165) is 42.1 Å². The molecule has 2 heterocycles. The van der Waals surface area contributed by atoms with E-state index < -0.39 is 0 Å². The van der Waals surface area contributed by atoms with E-state index >= 15 is 0 Å². The summed E-state index contributed by atoms with van der Waals surface area (Å²) in [5.74, 6) is -0.353. The molecule has 1 saturated heterocycles. The first-order valence-corrected chi connectivity index (χ1v) is 9.28. The Kier molecular flexibility index (Phi) is 5.78. The number of nitriles is 1. The van der Waals surface area contributed by atoms with Crippen LogP contribution in [0.15, 0.2) is 35.9 Å². The van der Waals surface area contributed by atoms with Crippen LogP contribution in [-0.2, 0) is 9.53 Å². The average molecular weight is 363 g/mol. The molecule has 1 aromatic heterocycles. The largest absolute Gasteiger partial charge is 0.376 e. The van der Waals surface area contributed by atoms with Gasteiger partial charge in [-0.3, -0.25) is 4.79 Å². The van der Waals surface area contributed by atoms with Gasteiger partial charge < -0.3 is 14.6 Å². The molecule has 1 aliphatic rings. The molecule has 140 valence electrons. The van der Waals surface area contributed by atoms with Crippen LogP contribution in [0.1, 0.15) is 35.4 Å². The molecule has 5 heteroatoms. The van der Waals surface area contributed by atoms with Gasteiger partial charge in [-0.1, -0.05) is 18.2 Å². The molecule has 1 fully saturated rings. The van der Waals surface area contributed by atoms with E-state index in [1.807, 2.05) is 38.1 Å². The summed E-state index contributed by atoms with van der Waals surface area (Å²) in [5.41, 5.74) is 5.32. The van der Waals surface area contributed by atoms with E-state index in [1.165, 1.54) is 5.56 Å². The third kappa shape index (κ3) is 4.12. The van der Waals surface area contributed by atoms with Gasteiger partial charge in [-0.05, 0) is 62.9 Å². The van der Waals surface area contributed by atoms with Crippen LogP contribution < -0.4 is 5.32 Å². The zero-order valence-electron chi connectivity index (χ0n) is 16.1. The zero-order valence-corrected chi connectivity index (χ0v) is 16.1. The molecule has 0 saturated carbocycles. The van der Waals surface area contributed by atoms with Gasteiger partial charge in [-0.2, -0.15) is 5.26 Å². The Morgan fingerprint density at radius 1 is 1.37 bits per heavy atom. The number of aromatic nitrogens is 1. The highest BCUT2D eigenvalue weighted by Crippen LogP contribution is 2.24. The molecule has 0 aliphatic carbocycles. The number of carbonyl (C=O) groups excluding carboxylic acids is 1. The lowest BCUT2D eigenvalue weighted by Gasteiger charge is -2.12. The SMILES string of the molecule is Cc1ccccc1-n1c(C)cc(/C=C(\C#N)C(=O)NC[C@@H]2CCCO2)c1C. The number of amides is 1. The summed E-state index contributed by atoms with van der Waals surface area (Å²) in [6.07, 6.45) is 3.69. The first-order valence-electron chi connectivity index (χ1n) is 9.28. The number of hydrogen-bond donors (Lipinski definition) is 1. The topological polar surface area (TPSA) is 67.0 Å². The normalized spacial score (nSPS) is 17.0. The maximum atomic E-state index is 12.4. The second-order valence-electron chi connectivity index (χ2n) is 6.96. The van der Waals surface area contributed by atoms with Crippen molar-refractivity contribution in [1.82, 2.24) is 9.88 Å². The Balaban J connectivity index is 1.84. The fourth-order valence-electron chi connectivity index (χ4n) is 3.53. The number of rotatable bonds is 5. The molecule has 27 heavy (non-hydrogen) atoms. The van der Waals surface area contributed by atoms with Gasteiger partial charge in [0.15, 0.2) is 0 Å². The molecule has 0 spiro atoms. The van der Waals surface area contributed by atoms with E-state index in [1.54, 1.807) is 6.08 Å². The standard InChI is InChI=1S/C22H25N3O2/c1-15-7-4-5-9-21(15)25-16(2)11-18(17(25)3)12-19(13-23)22(26)24-14-20-8-6-10-27-20/h4-5,7,9,11-12,20H,6,8,10,14H2,1-3H3,(H,24,26)/b19-12+/t20-/m0/s1. The van der Waals surface area contributed by atoms with Gasteiger partial charge in [0.05, 0.1) is 6.10 Å². The maximum Gasteiger partial charge on any atom is 0.262 e. The van der Waals surface area contributed by atoms with Crippen molar-refractivity contribution in [2.45, 2.75) is 39.7 Å².